The Morgan fingerprint density at radius 3 is 2.38 bits per heavy atom. The Kier molecular flexibility index (Phi) is 5.81. The zero-order valence-corrected chi connectivity index (χ0v) is 18.9. The summed E-state index contributed by atoms with van der Waals surface area (Å²) in [6.45, 7) is 1.06. The van der Waals surface area contributed by atoms with Crippen molar-refractivity contribution < 1.29 is 18.3 Å². The number of sulfonamides is 1. The van der Waals surface area contributed by atoms with E-state index in [0.717, 1.165) is 15.5 Å². The smallest absolute Gasteiger partial charge is 0.324 e. The highest BCUT2D eigenvalue weighted by Crippen LogP contribution is 2.31. The normalized spacial score (nSPS) is 11.6. The lowest BCUT2D eigenvalue weighted by Crippen LogP contribution is -2.35. The zero-order chi connectivity index (χ0) is 23.0. The van der Waals surface area contributed by atoms with Gasteiger partial charge in [0.2, 0.25) is 0 Å². The lowest BCUT2D eigenvalue weighted by atomic mass is 10.2. The van der Waals surface area contributed by atoms with Crippen molar-refractivity contribution in [3.8, 4) is 5.82 Å². The third-order valence-electron chi connectivity index (χ3n) is 4.70. The molecule has 2 aromatic heterocycles. The van der Waals surface area contributed by atoms with Gasteiger partial charge in [-0.05, 0) is 61.5 Å². The molecular weight excluding hydrogens is 475 g/mol. The molecule has 0 aliphatic heterocycles. The molecule has 0 unspecified atom stereocenters. The van der Waals surface area contributed by atoms with Crippen molar-refractivity contribution in [1.29, 1.82) is 0 Å². The number of fused-ring (bicyclic) bond motifs is 1. The molecule has 4 aromatic rings. The second kappa shape index (κ2) is 8.42. The summed E-state index contributed by atoms with van der Waals surface area (Å²) in [4.78, 5) is 11.3. The molecule has 0 saturated carbocycles. The zero-order valence-electron chi connectivity index (χ0n) is 16.6. The van der Waals surface area contributed by atoms with Gasteiger partial charge in [0.1, 0.15) is 6.54 Å². The molecule has 11 heteroatoms. The van der Waals surface area contributed by atoms with Crippen LogP contribution in [-0.4, -0.2) is 40.8 Å². The van der Waals surface area contributed by atoms with Crippen LogP contribution in [0.4, 0.5) is 5.69 Å². The molecule has 0 saturated heterocycles. The maximum atomic E-state index is 13.3. The molecule has 0 fully saturated rings. The molecule has 8 nitrogen and oxygen atoms in total. The number of nitrogens with zero attached hydrogens (tertiary/aromatic N) is 4. The van der Waals surface area contributed by atoms with E-state index >= 15 is 0 Å². The Balaban J connectivity index is 1.81. The van der Waals surface area contributed by atoms with Crippen LogP contribution in [0.5, 0.6) is 0 Å². The van der Waals surface area contributed by atoms with E-state index in [1.165, 1.54) is 24.3 Å². The van der Waals surface area contributed by atoms with Crippen molar-refractivity contribution in [3.05, 3.63) is 76.5 Å². The molecule has 32 heavy (non-hydrogen) atoms. The predicted octanol–water partition coefficient (Wildman–Crippen LogP) is 4.32. The number of halogens is 2. The minimum atomic E-state index is -4.26. The number of rotatable bonds is 6. The third kappa shape index (κ3) is 4.27. The number of hydrogen-bond acceptors (Lipinski definition) is 5. The lowest BCUT2D eigenvalue weighted by Gasteiger charge is -2.23. The summed E-state index contributed by atoms with van der Waals surface area (Å²) in [5.74, 6) is -0.712. The number of hydrogen-bond donors (Lipinski definition) is 1. The summed E-state index contributed by atoms with van der Waals surface area (Å²) >= 11 is 11.9. The van der Waals surface area contributed by atoms with Crippen LogP contribution in [-0.2, 0) is 14.8 Å². The molecule has 0 aliphatic carbocycles. The Labute approximate surface area is 193 Å². The number of carbonyl (C=O) groups is 1. The molecule has 2 aromatic carbocycles. The first-order chi connectivity index (χ1) is 15.1. The van der Waals surface area contributed by atoms with Crippen LogP contribution in [0.3, 0.4) is 0 Å². The highest BCUT2D eigenvalue weighted by Gasteiger charge is 2.28. The van der Waals surface area contributed by atoms with Crippen molar-refractivity contribution in [2.24, 2.45) is 0 Å². The minimum absolute atomic E-state index is 0.123. The van der Waals surface area contributed by atoms with Crippen LogP contribution < -0.4 is 4.31 Å². The van der Waals surface area contributed by atoms with Gasteiger partial charge in [-0.2, -0.15) is 5.10 Å². The van der Waals surface area contributed by atoms with Gasteiger partial charge in [-0.1, -0.05) is 23.2 Å². The number of carboxylic acid groups (broad SMARTS) is 1. The number of anilines is 1. The van der Waals surface area contributed by atoms with Crippen molar-refractivity contribution in [2.75, 3.05) is 10.8 Å². The van der Waals surface area contributed by atoms with E-state index < -0.39 is 22.5 Å². The van der Waals surface area contributed by atoms with Crippen molar-refractivity contribution in [3.63, 3.8) is 0 Å². The Bertz CT molecular complexity index is 1420. The number of aromatic nitrogens is 3. The van der Waals surface area contributed by atoms with Gasteiger partial charge in [0.15, 0.2) is 5.82 Å². The van der Waals surface area contributed by atoms with E-state index in [0.29, 0.717) is 11.2 Å². The lowest BCUT2D eigenvalue weighted by molar-refractivity contribution is -0.135. The average molecular weight is 491 g/mol. The second-order valence-electron chi connectivity index (χ2n) is 6.97. The first-order valence-electron chi connectivity index (χ1n) is 9.27. The van der Waals surface area contributed by atoms with E-state index in [1.54, 1.807) is 29.0 Å². The van der Waals surface area contributed by atoms with E-state index in [9.17, 15) is 18.3 Å². The minimum Gasteiger partial charge on any atom is -0.480 e. The van der Waals surface area contributed by atoms with Gasteiger partial charge < -0.3 is 5.11 Å². The van der Waals surface area contributed by atoms with E-state index in [4.69, 9.17) is 23.2 Å². The van der Waals surface area contributed by atoms with Gasteiger partial charge >= 0.3 is 5.97 Å². The maximum Gasteiger partial charge on any atom is 0.324 e. The van der Waals surface area contributed by atoms with Gasteiger partial charge in [-0.25, -0.2) is 8.42 Å². The maximum absolute atomic E-state index is 13.3. The van der Waals surface area contributed by atoms with Crippen molar-refractivity contribution >= 4 is 55.8 Å². The van der Waals surface area contributed by atoms with Gasteiger partial charge in [0.05, 0.1) is 21.8 Å². The molecule has 0 amide bonds. The van der Waals surface area contributed by atoms with Crippen LogP contribution in [0.15, 0.2) is 65.7 Å². The molecule has 4 rings (SSSR count). The Morgan fingerprint density at radius 1 is 1.03 bits per heavy atom. The Hall–Kier alpha value is -3.14. The monoisotopic (exact) mass is 490 g/mol. The quantitative estimate of drug-likeness (QED) is 0.431. The first-order valence-corrected chi connectivity index (χ1v) is 11.5. The van der Waals surface area contributed by atoms with Crippen LogP contribution in [0.25, 0.3) is 16.7 Å². The molecule has 0 radical (unpaired) electrons. The molecule has 0 atom stereocenters. The van der Waals surface area contributed by atoms with E-state index in [2.05, 4.69) is 10.2 Å². The molecular formula is C21H16Cl2N4O4S. The summed E-state index contributed by atoms with van der Waals surface area (Å²) in [6.07, 6.45) is 1.78. The van der Waals surface area contributed by atoms with E-state index in [-0.39, 0.29) is 20.6 Å². The van der Waals surface area contributed by atoms with Crippen molar-refractivity contribution in [2.45, 2.75) is 11.8 Å². The van der Waals surface area contributed by atoms with Gasteiger partial charge in [0.25, 0.3) is 10.0 Å². The summed E-state index contributed by atoms with van der Waals surface area (Å²) in [5, 5.41) is 18.5. The van der Waals surface area contributed by atoms with Gasteiger partial charge in [-0.3, -0.25) is 13.7 Å². The highest BCUT2D eigenvalue weighted by molar-refractivity contribution is 7.92. The molecule has 0 bridgehead atoms. The molecule has 2 heterocycles. The first kappa shape index (κ1) is 22.1. The summed E-state index contributed by atoms with van der Waals surface area (Å²) in [5.41, 5.74) is 1.72. The van der Waals surface area contributed by atoms with E-state index in [1.807, 2.05) is 19.1 Å². The molecule has 0 aliphatic rings. The van der Waals surface area contributed by atoms with Crippen LogP contribution >= 0.6 is 23.2 Å². The summed E-state index contributed by atoms with van der Waals surface area (Å²) in [6, 6.07) is 14.1. The fourth-order valence-electron chi connectivity index (χ4n) is 3.25. The topological polar surface area (TPSA) is 105 Å². The second-order valence-corrected chi connectivity index (χ2v) is 9.71. The number of aliphatic carboxylic acids is 1. The van der Waals surface area contributed by atoms with Crippen LogP contribution in [0, 0.1) is 6.92 Å². The Morgan fingerprint density at radius 2 is 1.75 bits per heavy atom. The highest BCUT2D eigenvalue weighted by atomic mass is 35.5. The standard InChI is InChI=1S/C21H16Cl2N4O4S/c1-13-2-5-20(25-24-13)26-7-6-14-8-17(3-4-19(14)26)27(12-21(28)29)32(30,31)18-10-15(22)9-16(23)11-18/h2-11H,12H2,1H3,(H,28,29). The number of aryl methyl sites for hydroxylation is 1. The average Bonchev–Trinajstić information content (AvgIpc) is 3.15. The van der Waals surface area contributed by atoms with Gasteiger partial charge in [0, 0.05) is 21.6 Å². The summed E-state index contributed by atoms with van der Waals surface area (Å²) in [7, 11) is -4.26. The fourth-order valence-corrected chi connectivity index (χ4v) is 5.38. The molecule has 164 valence electrons. The van der Waals surface area contributed by atoms with Crippen molar-refractivity contribution in [1.82, 2.24) is 14.8 Å². The van der Waals surface area contributed by atoms with Crippen LogP contribution in [0.1, 0.15) is 5.69 Å². The predicted molar refractivity (Wildman–Crippen MR) is 122 cm³/mol. The third-order valence-corrected chi connectivity index (χ3v) is 6.88. The number of benzene rings is 2. The number of carboxylic acids is 1. The summed E-state index contributed by atoms with van der Waals surface area (Å²) < 4.78 is 29.2. The SMILES string of the molecule is Cc1ccc(-n2ccc3cc(N(CC(=O)O)S(=O)(=O)c4cc(Cl)cc(Cl)c4)ccc32)nn1. The molecule has 1 N–H and O–H groups in total. The van der Waals surface area contributed by atoms with Gasteiger partial charge in [-0.15, -0.1) is 5.10 Å². The van der Waals surface area contributed by atoms with Crippen LogP contribution in [0.2, 0.25) is 10.0 Å². The largest absolute Gasteiger partial charge is 0.480 e. The molecule has 0 spiro atoms. The fraction of sp³-hybridized carbons (Fsp3) is 0.0952.